The zero-order chi connectivity index (χ0) is 16.3. The SMILES string of the molecule is O=C1c2ccccc2-c2nc3[nH][nH]c(=O)c3c(-c3ccccc3)c21. The van der Waals surface area contributed by atoms with Gasteiger partial charge >= 0.3 is 0 Å². The largest absolute Gasteiger partial charge is 0.288 e. The molecule has 24 heavy (non-hydrogen) atoms. The number of hydrogen-bond donors (Lipinski definition) is 2. The van der Waals surface area contributed by atoms with Crippen LogP contribution in [-0.2, 0) is 0 Å². The third kappa shape index (κ3) is 1.55. The van der Waals surface area contributed by atoms with Crippen LogP contribution < -0.4 is 5.56 Å². The first kappa shape index (κ1) is 13.0. The van der Waals surface area contributed by atoms with Crippen molar-refractivity contribution in [3.63, 3.8) is 0 Å². The van der Waals surface area contributed by atoms with E-state index in [-0.39, 0.29) is 11.3 Å². The number of carbonyl (C=O) groups excluding carboxylic acids is 1. The number of aromatic amines is 2. The molecule has 0 amide bonds. The van der Waals surface area contributed by atoms with Gasteiger partial charge in [0.25, 0.3) is 5.56 Å². The maximum Gasteiger partial charge on any atom is 0.274 e. The number of benzene rings is 2. The van der Waals surface area contributed by atoms with Gasteiger partial charge in [-0.1, -0.05) is 54.6 Å². The second kappa shape index (κ2) is 4.52. The van der Waals surface area contributed by atoms with E-state index in [0.29, 0.717) is 33.4 Å². The third-order valence-electron chi connectivity index (χ3n) is 4.44. The van der Waals surface area contributed by atoms with Crippen molar-refractivity contribution in [2.24, 2.45) is 0 Å². The Labute approximate surface area is 136 Å². The Hall–Kier alpha value is -3.47. The minimum Gasteiger partial charge on any atom is -0.288 e. The zero-order valence-corrected chi connectivity index (χ0v) is 12.5. The molecule has 5 nitrogen and oxygen atoms in total. The van der Waals surface area contributed by atoms with E-state index in [4.69, 9.17) is 0 Å². The fourth-order valence-corrected chi connectivity index (χ4v) is 3.41. The second-order valence-electron chi connectivity index (χ2n) is 5.75. The average molecular weight is 313 g/mol. The van der Waals surface area contributed by atoms with Crippen molar-refractivity contribution in [2.75, 3.05) is 0 Å². The van der Waals surface area contributed by atoms with E-state index in [1.165, 1.54) is 0 Å². The highest BCUT2D eigenvalue weighted by Gasteiger charge is 2.33. The Morgan fingerprint density at radius 2 is 1.46 bits per heavy atom. The maximum absolute atomic E-state index is 13.0. The molecule has 0 unspecified atom stereocenters. The number of carbonyl (C=O) groups is 1. The normalized spacial score (nSPS) is 12.4. The summed E-state index contributed by atoms with van der Waals surface area (Å²) in [7, 11) is 0. The van der Waals surface area contributed by atoms with Gasteiger partial charge in [0.1, 0.15) is 0 Å². The molecule has 0 saturated carbocycles. The lowest BCUT2D eigenvalue weighted by atomic mass is 9.95. The molecule has 0 spiro atoms. The van der Waals surface area contributed by atoms with Gasteiger partial charge in [0.15, 0.2) is 11.4 Å². The van der Waals surface area contributed by atoms with Gasteiger partial charge in [-0.05, 0) is 5.56 Å². The van der Waals surface area contributed by atoms with Gasteiger partial charge in [0.2, 0.25) is 0 Å². The van der Waals surface area contributed by atoms with Gasteiger partial charge < -0.3 is 0 Å². The van der Waals surface area contributed by atoms with Crippen LogP contribution in [0.4, 0.5) is 0 Å². The molecule has 0 saturated heterocycles. The second-order valence-corrected chi connectivity index (χ2v) is 5.75. The van der Waals surface area contributed by atoms with Crippen molar-refractivity contribution in [1.29, 1.82) is 0 Å². The monoisotopic (exact) mass is 313 g/mol. The van der Waals surface area contributed by atoms with Crippen LogP contribution in [-0.4, -0.2) is 21.0 Å². The fraction of sp³-hybridized carbons (Fsp3) is 0. The van der Waals surface area contributed by atoms with Crippen molar-refractivity contribution < 1.29 is 4.79 Å². The fourth-order valence-electron chi connectivity index (χ4n) is 3.41. The van der Waals surface area contributed by atoms with Crippen LogP contribution >= 0.6 is 0 Å². The molecule has 2 heterocycles. The van der Waals surface area contributed by atoms with Gasteiger partial charge in [0, 0.05) is 16.7 Å². The summed E-state index contributed by atoms with van der Waals surface area (Å²) in [5.41, 5.74) is 4.20. The molecule has 4 aromatic rings. The number of hydrogen-bond acceptors (Lipinski definition) is 3. The van der Waals surface area contributed by atoms with E-state index in [0.717, 1.165) is 11.1 Å². The first-order chi connectivity index (χ1) is 11.8. The molecule has 5 heteroatoms. The lowest BCUT2D eigenvalue weighted by molar-refractivity contribution is 0.104. The van der Waals surface area contributed by atoms with E-state index in [2.05, 4.69) is 15.2 Å². The van der Waals surface area contributed by atoms with Crippen molar-refractivity contribution >= 4 is 16.8 Å². The van der Waals surface area contributed by atoms with Crippen molar-refractivity contribution in [2.45, 2.75) is 0 Å². The first-order valence-electron chi connectivity index (χ1n) is 7.59. The van der Waals surface area contributed by atoms with Gasteiger partial charge in [-0.2, -0.15) is 0 Å². The van der Waals surface area contributed by atoms with Crippen LogP contribution in [0.5, 0.6) is 0 Å². The topological polar surface area (TPSA) is 78.6 Å². The molecule has 2 aromatic carbocycles. The van der Waals surface area contributed by atoms with Crippen LogP contribution in [0, 0.1) is 0 Å². The van der Waals surface area contributed by atoms with Crippen LogP contribution in [0.15, 0.2) is 59.4 Å². The number of rotatable bonds is 1. The van der Waals surface area contributed by atoms with Gasteiger partial charge in [-0.25, -0.2) is 4.98 Å². The number of nitrogens with one attached hydrogen (secondary N) is 2. The lowest BCUT2D eigenvalue weighted by Gasteiger charge is -2.08. The molecule has 1 aliphatic carbocycles. The van der Waals surface area contributed by atoms with E-state index in [9.17, 15) is 9.59 Å². The lowest BCUT2D eigenvalue weighted by Crippen LogP contribution is -2.05. The first-order valence-corrected chi connectivity index (χ1v) is 7.59. The molecule has 2 aromatic heterocycles. The molecule has 0 atom stereocenters. The predicted octanol–water partition coefficient (Wildman–Crippen LogP) is 3.13. The molecular weight excluding hydrogens is 302 g/mol. The molecule has 0 radical (unpaired) electrons. The Bertz CT molecular complexity index is 1190. The summed E-state index contributed by atoms with van der Waals surface area (Å²) in [6.07, 6.45) is 0. The minimum absolute atomic E-state index is 0.0885. The number of aromatic nitrogens is 3. The standard InChI is InChI=1S/C19H11N3O2/c23-17-12-9-5-4-8-11(12)16-14(17)13(10-6-2-1-3-7-10)15-18(20-16)21-22-19(15)24/h1-9H,(H2,20,21,22,24). The van der Waals surface area contributed by atoms with E-state index >= 15 is 0 Å². The van der Waals surface area contributed by atoms with Gasteiger partial charge in [0.05, 0.1) is 16.6 Å². The van der Waals surface area contributed by atoms with Crippen LogP contribution in [0.1, 0.15) is 15.9 Å². The van der Waals surface area contributed by atoms with E-state index in [1.54, 1.807) is 6.07 Å². The number of fused-ring (bicyclic) bond motifs is 4. The average Bonchev–Trinajstić information content (AvgIpc) is 3.14. The highest BCUT2D eigenvalue weighted by atomic mass is 16.1. The van der Waals surface area contributed by atoms with Crippen molar-refractivity contribution in [3.05, 3.63) is 76.1 Å². The molecule has 0 aliphatic heterocycles. The molecule has 0 bridgehead atoms. The van der Waals surface area contributed by atoms with Crippen molar-refractivity contribution in [1.82, 2.24) is 15.2 Å². The summed E-state index contributed by atoms with van der Waals surface area (Å²) in [6.45, 7) is 0. The smallest absolute Gasteiger partial charge is 0.274 e. The summed E-state index contributed by atoms with van der Waals surface area (Å²) < 4.78 is 0. The summed E-state index contributed by atoms with van der Waals surface area (Å²) in [5.74, 6) is -0.0885. The number of pyridine rings is 1. The highest BCUT2D eigenvalue weighted by Crippen LogP contribution is 2.42. The van der Waals surface area contributed by atoms with Crippen LogP contribution in [0.2, 0.25) is 0 Å². The predicted molar refractivity (Wildman–Crippen MR) is 91.0 cm³/mol. The van der Waals surface area contributed by atoms with E-state index < -0.39 is 0 Å². The van der Waals surface area contributed by atoms with Gasteiger partial charge in [-0.3, -0.25) is 19.8 Å². The molecule has 5 rings (SSSR count). The number of H-pyrrole nitrogens is 2. The molecule has 2 N–H and O–H groups in total. The summed E-state index contributed by atoms with van der Waals surface area (Å²) in [4.78, 5) is 29.9. The summed E-state index contributed by atoms with van der Waals surface area (Å²) in [6, 6.07) is 16.9. The maximum atomic E-state index is 13.0. The van der Waals surface area contributed by atoms with Crippen molar-refractivity contribution in [3.8, 4) is 22.4 Å². The van der Waals surface area contributed by atoms with Crippen LogP contribution in [0.3, 0.4) is 0 Å². The molecule has 1 aliphatic rings. The Morgan fingerprint density at radius 1 is 0.750 bits per heavy atom. The Kier molecular flexibility index (Phi) is 2.45. The molecular formula is C19H11N3O2. The van der Waals surface area contributed by atoms with Gasteiger partial charge in [-0.15, -0.1) is 0 Å². The quantitative estimate of drug-likeness (QED) is 0.499. The zero-order valence-electron chi connectivity index (χ0n) is 12.5. The number of nitrogens with zero attached hydrogens (tertiary/aromatic N) is 1. The highest BCUT2D eigenvalue weighted by molar-refractivity contribution is 6.26. The van der Waals surface area contributed by atoms with Crippen LogP contribution in [0.25, 0.3) is 33.4 Å². The minimum atomic E-state index is -0.275. The third-order valence-corrected chi connectivity index (χ3v) is 4.44. The molecule has 0 fully saturated rings. The summed E-state index contributed by atoms with van der Waals surface area (Å²) in [5, 5.41) is 5.80. The molecule has 114 valence electrons. The number of ketones is 1. The summed E-state index contributed by atoms with van der Waals surface area (Å²) >= 11 is 0. The van der Waals surface area contributed by atoms with E-state index in [1.807, 2.05) is 48.5 Å². The Morgan fingerprint density at radius 3 is 2.25 bits per heavy atom. The Balaban J connectivity index is 2.01.